The van der Waals surface area contributed by atoms with Crippen LogP contribution < -0.4 is 4.74 Å². The fourth-order valence-corrected chi connectivity index (χ4v) is 6.39. The summed E-state index contributed by atoms with van der Waals surface area (Å²) in [7, 11) is 0. The molecular formula is C31H52O. The molecule has 0 bridgehead atoms. The number of rotatable bonds is 14. The zero-order valence-electron chi connectivity index (χ0n) is 21.5. The van der Waals surface area contributed by atoms with Crippen molar-refractivity contribution in [3.63, 3.8) is 0 Å². The summed E-state index contributed by atoms with van der Waals surface area (Å²) in [6.45, 7) is 5.37. The van der Waals surface area contributed by atoms with Crippen LogP contribution in [0.1, 0.15) is 129 Å². The van der Waals surface area contributed by atoms with Crippen LogP contribution in [-0.2, 0) is 6.42 Å². The van der Waals surface area contributed by atoms with Crippen LogP contribution in [-0.4, -0.2) is 6.61 Å². The van der Waals surface area contributed by atoms with Gasteiger partial charge in [-0.3, -0.25) is 0 Å². The minimum atomic E-state index is 0.847. The van der Waals surface area contributed by atoms with Crippen LogP contribution in [0.15, 0.2) is 24.3 Å². The quantitative estimate of drug-likeness (QED) is 0.261. The third-order valence-corrected chi connectivity index (χ3v) is 8.70. The Labute approximate surface area is 200 Å². The van der Waals surface area contributed by atoms with Gasteiger partial charge in [0.1, 0.15) is 5.75 Å². The minimum absolute atomic E-state index is 0.847. The SMILES string of the molecule is CCCCCCCC1CCC(C2CCC(CCc3ccc(OCCCC)cc3)CC2)CC1. The smallest absolute Gasteiger partial charge is 0.119 e. The Hall–Kier alpha value is -0.980. The number of benzene rings is 1. The van der Waals surface area contributed by atoms with Crippen LogP contribution in [0.2, 0.25) is 0 Å². The van der Waals surface area contributed by atoms with Gasteiger partial charge in [-0.05, 0) is 86.3 Å². The predicted octanol–water partition coefficient (Wildman–Crippen LogP) is 9.77. The molecule has 0 aliphatic heterocycles. The average molecular weight is 441 g/mol. The number of unbranched alkanes of at least 4 members (excludes halogenated alkanes) is 5. The Morgan fingerprint density at radius 3 is 1.78 bits per heavy atom. The first-order chi connectivity index (χ1) is 15.8. The second-order valence-electron chi connectivity index (χ2n) is 11.1. The van der Waals surface area contributed by atoms with E-state index in [0.29, 0.717) is 0 Å². The monoisotopic (exact) mass is 440 g/mol. The molecule has 3 rings (SSSR count). The molecule has 2 aliphatic carbocycles. The van der Waals surface area contributed by atoms with Gasteiger partial charge in [0.15, 0.2) is 0 Å². The molecule has 0 unspecified atom stereocenters. The topological polar surface area (TPSA) is 9.23 Å². The number of ether oxygens (including phenoxy) is 1. The highest BCUT2D eigenvalue weighted by Gasteiger charge is 2.30. The van der Waals surface area contributed by atoms with Gasteiger partial charge < -0.3 is 4.74 Å². The van der Waals surface area contributed by atoms with Gasteiger partial charge in [-0.15, -0.1) is 0 Å². The second kappa shape index (κ2) is 15.0. The van der Waals surface area contributed by atoms with Gasteiger partial charge in [-0.25, -0.2) is 0 Å². The van der Waals surface area contributed by atoms with E-state index in [4.69, 9.17) is 4.74 Å². The van der Waals surface area contributed by atoms with Crippen molar-refractivity contribution in [2.75, 3.05) is 6.61 Å². The molecule has 0 radical (unpaired) electrons. The Morgan fingerprint density at radius 1 is 0.625 bits per heavy atom. The summed E-state index contributed by atoms with van der Waals surface area (Å²) >= 11 is 0. The van der Waals surface area contributed by atoms with Gasteiger partial charge in [-0.2, -0.15) is 0 Å². The van der Waals surface area contributed by atoms with E-state index in [1.54, 1.807) is 12.8 Å². The fourth-order valence-electron chi connectivity index (χ4n) is 6.39. The predicted molar refractivity (Wildman–Crippen MR) is 139 cm³/mol. The Morgan fingerprint density at radius 2 is 1.19 bits per heavy atom. The molecule has 0 heterocycles. The molecule has 0 N–H and O–H groups in total. The Kier molecular flexibility index (Phi) is 12.0. The highest BCUT2D eigenvalue weighted by molar-refractivity contribution is 5.27. The molecule has 2 fully saturated rings. The largest absolute Gasteiger partial charge is 0.494 e. The maximum absolute atomic E-state index is 5.81. The molecular weight excluding hydrogens is 388 g/mol. The number of hydrogen-bond donors (Lipinski definition) is 0. The molecule has 182 valence electrons. The molecule has 1 aromatic carbocycles. The molecule has 0 amide bonds. The van der Waals surface area contributed by atoms with Crippen molar-refractivity contribution in [1.29, 1.82) is 0 Å². The van der Waals surface area contributed by atoms with Gasteiger partial charge in [-0.1, -0.05) is 96.6 Å². The first-order valence-electron chi connectivity index (χ1n) is 14.5. The number of aryl methyl sites for hydroxylation is 1. The summed E-state index contributed by atoms with van der Waals surface area (Å²) in [5.74, 6) is 5.18. The van der Waals surface area contributed by atoms with Crippen LogP contribution in [0.4, 0.5) is 0 Å². The zero-order chi connectivity index (χ0) is 22.4. The van der Waals surface area contributed by atoms with Gasteiger partial charge in [0.05, 0.1) is 6.61 Å². The van der Waals surface area contributed by atoms with Crippen LogP contribution in [0, 0.1) is 23.7 Å². The third kappa shape index (κ3) is 9.11. The van der Waals surface area contributed by atoms with Crippen LogP contribution in [0.3, 0.4) is 0 Å². The molecule has 0 saturated heterocycles. The second-order valence-corrected chi connectivity index (χ2v) is 11.1. The van der Waals surface area contributed by atoms with E-state index in [-0.39, 0.29) is 0 Å². The summed E-state index contributed by atoms with van der Waals surface area (Å²) in [5, 5.41) is 0. The first kappa shape index (κ1) is 25.6. The van der Waals surface area contributed by atoms with Crippen molar-refractivity contribution in [1.82, 2.24) is 0 Å². The summed E-state index contributed by atoms with van der Waals surface area (Å²) in [4.78, 5) is 0. The van der Waals surface area contributed by atoms with Crippen LogP contribution in [0.5, 0.6) is 5.75 Å². The van der Waals surface area contributed by atoms with E-state index in [2.05, 4.69) is 38.1 Å². The van der Waals surface area contributed by atoms with Crippen molar-refractivity contribution in [3.05, 3.63) is 29.8 Å². The molecule has 1 nitrogen and oxygen atoms in total. The van der Waals surface area contributed by atoms with Crippen LogP contribution in [0.25, 0.3) is 0 Å². The normalized spacial score (nSPS) is 26.2. The summed E-state index contributed by atoms with van der Waals surface area (Å²) in [5.41, 5.74) is 1.49. The zero-order valence-corrected chi connectivity index (χ0v) is 21.5. The summed E-state index contributed by atoms with van der Waals surface area (Å²) in [6, 6.07) is 8.91. The molecule has 0 aromatic heterocycles. The van der Waals surface area contributed by atoms with Crippen molar-refractivity contribution in [2.24, 2.45) is 23.7 Å². The van der Waals surface area contributed by atoms with E-state index in [1.165, 1.54) is 102 Å². The van der Waals surface area contributed by atoms with E-state index < -0.39 is 0 Å². The van der Waals surface area contributed by atoms with Crippen LogP contribution >= 0.6 is 0 Å². The first-order valence-corrected chi connectivity index (χ1v) is 14.5. The lowest BCUT2D eigenvalue weighted by Crippen LogP contribution is -2.26. The fraction of sp³-hybridized carbons (Fsp3) is 0.806. The van der Waals surface area contributed by atoms with Crippen molar-refractivity contribution in [3.8, 4) is 5.75 Å². The van der Waals surface area contributed by atoms with Gasteiger partial charge in [0, 0.05) is 0 Å². The van der Waals surface area contributed by atoms with Gasteiger partial charge >= 0.3 is 0 Å². The minimum Gasteiger partial charge on any atom is -0.494 e. The lowest BCUT2D eigenvalue weighted by Gasteiger charge is -2.38. The van der Waals surface area contributed by atoms with Crippen molar-refractivity contribution >= 4 is 0 Å². The lowest BCUT2D eigenvalue weighted by atomic mass is 9.68. The summed E-state index contributed by atoms with van der Waals surface area (Å²) in [6.07, 6.45) is 25.9. The van der Waals surface area contributed by atoms with E-state index >= 15 is 0 Å². The Bertz CT molecular complexity index is 575. The molecule has 0 spiro atoms. The maximum atomic E-state index is 5.81. The summed E-state index contributed by atoms with van der Waals surface area (Å²) < 4.78 is 5.81. The maximum Gasteiger partial charge on any atom is 0.119 e. The van der Waals surface area contributed by atoms with E-state index in [9.17, 15) is 0 Å². The molecule has 2 aliphatic rings. The Balaban J connectivity index is 1.26. The molecule has 2 saturated carbocycles. The van der Waals surface area contributed by atoms with Gasteiger partial charge in [0.25, 0.3) is 0 Å². The highest BCUT2D eigenvalue weighted by atomic mass is 16.5. The van der Waals surface area contributed by atoms with E-state index in [0.717, 1.165) is 42.4 Å². The standard InChI is InChI=1S/C31H52O/c1-3-5-7-8-9-10-26-13-19-29(20-14-26)30-21-15-27(16-22-30)11-12-28-17-23-31(24-18-28)32-25-6-4-2/h17-18,23-24,26-27,29-30H,3-16,19-22,25H2,1-2H3. The third-order valence-electron chi connectivity index (χ3n) is 8.70. The van der Waals surface area contributed by atoms with Crippen molar-refractivity contribution < 1.29 is 4.74 Å². The average Bonchev–Trinajstić information content (AvgIpc) is 2.84. The van der Waals surface area contributed by atoms with Gasteiger partial charge in [0.2, 0.25) is 0 Å². The lowest BCUT2D eigenvalue weighted by molar-refractivity contribution is 0.140. The molecule has 1 heteroatoms. The number of hydrogen-bond acceptors (Lipinski definition) is 1. The molecule has 1 aromatic rings. The highest BCUT2D eigenvalue weighted by Crippen LogP contribution is 2.43. The molecule has 0 atom stereocenters. The molecule has 32 heavy (non-hydrogen) atoms. The van der Waals surface area contributed by atoms with E-state index in [1.807, 2.05) is 0 Å². The van der Waals surface area contributed by atoms with Crippen molar-refractivity contribution in [2.45, 2.75) is 129 Å².